The molecule has 0 aliphatic heterocycles. The fraction of sp³-hybridized carbons (Fsp3) is 0.0588. The van der Waals surface area contributed by atoms with Gasteiger partial charge < -0.3 is 5.32 Å². The van der Waals surface area contributed by atoms with Crippen LogP contribution in [0.1, 0.15) is 16.2 Å². The quantitative estimate of drug-likeness (QED) is 0.488. The number of tetrazole rings is 1. The maximum absolute atomic E-state index is 12.3. The predicted octanol–water partition coefficient (Wildman–Crippen LogP) is 1.34. The van der Waals surface area contributed by atoms with Gasteiger partial charge in [0, 0.05) is 23.5 Å². The van der Waals surface area contributed by atoms with E-state index in [0.29, 0.717) is 16.5 Å². The van der Waals surface area contributed by atoms with Crippen LogP contribution in [-0.4, -0.2) is 47.0 Å². The van der Waals surface area contributed by atoms with E-state index in [1.54, 1.807) is 29.6 Å². The lowest BCUT2D eigenvalue weighted by atomic mass is 10.2. The second kappa shape index (κ2) is 8.31. The number of aromatic nitrogens is 7. The SMILES string of the molecule is O=C(Cc1csc(NC(=O)c2cnccn2)n1)Nc1ccc(-n2cnnn2)cc1. The van der Waals surface area contributed by atoms with Gasteiger partial charge >= 0.3 is 0 Å². The number of amides is 2. The van der Waals surface area contributed by atoms with Gasteiger partial charge in [0.05, 0.1) is 24.0 Å². The van der Waals surface area contributed by atoms with Crippen molar-refractivity contribution in [2.45, 2.75) is 6.42 Å². The second-order valence-electron chi connectivity index (χ2n) is 5.71. The summed E-state index contributed by atoms with van der Waals surface area (Å²) >= 11 is 1.23. The van der Waals surface area contributed by atoms with Crippen molar-refractivity contribution in [3.63, 3.8) is 0 Å². The Balaban J connectivity index is 1.33. The van der Waals surface area contributed by atoms with Gasteiger partial charge in [-0.05, 0) is 34.7 Å². The Bertz CT molecular complexity index is 1110. The van der Waals surface area contributed by atoms with E-state index in [4.69, 9.17) is 0 Å². The molecule has 0 fully saturated rings. The number of hydrogen-bond donors (Lipinski definition) is 2. The number of anilines is 2. The molecule has 0 aliphatic rings. The summed E-state index contributed by atoms with van der Waals surface area (Å²) in [5.74, 6) is -0.636. The fourth-order valence-electron chi connectivity index (χ4n) is 2.37. The minimum Gasteiger partial charge on any atom is -0.326 e. The smallest absolute Gasteiger partial charge is 0.277 e. The maximum Gasteiger partial charge on any atom is 0.277 e. The van der Waals surface area contributed by atoms with Gasteiger partial charge in [0.15, 0.2) is 5.13 Å². The van der Waals surface area contributed by atoms with E-state index in [9.17, 15) is 9.59 Å². The molecular formula is C17H13N9O2S. The molecule has 0 saturated carbocycles. The van der Waals surface area contributed by atoms with Crippen LogP contribution in [0.15, 0.2) is 54.6 Å². The van der Waals surface area contributed by atoms with Crippen LogP contribution in [0.4, 0.5) is 10.8 Å². The van der Waals surface area contributed by atoms with Gasteiger partial charge in [-0.2, -0.15) is 0 Å². The van der Waals surface area contributed by atoms with Crippen LogP contribution in [0.3, 0.4) is 0 Å². The summed E-state index contributed by atoms with van der Waals surface area (Å²) in [6.07, 6.45) is 5.84. The molecule has 3 aromatic heterocycles. The molecular weight excluding hydrogens is 394 g/mol. The molecule has 2 amide bonds. The number of nitrogens with zero attached hydrogens (tertiary/aromatic N) is 7. The lowest BCUT2D eigenvalue weighted by Crippen LogP contribution is -2.15. The van der Waals surface area contributed by atoms with Crippen LogP contribution >= 0.6 is 11.3 Å². The number of benzene rings is 1. The molecule has 29 heavy (non-hydrogen) atoms. The number of hydrogen-bond acceptors (Lipinski definition) is 9. The first kappa shape index (κ1) is 18.3. The Hall–Kier alpha value is -4.06. The first-order valence-corrected chi connectivity index (χ1v) is 9.20. The average molecular weight is 407 g/mol. The zero-order valence-electron chi connectivity index (χ0n) is 14.8. The Morgan fingerprint density at radius 1 is 1.10 bits per heavy atom. The Kier molecular flexibility index (Phi) is 5.25. The van der Waals surface area contributed by atoms with Crippen LogP contribution < -0.4 is 10.6 Å². The van der Waals surface area contributed by atoms with E-state index < -0.39 is 5.91 Å². The van der Waals surface area contributed by atoms with Crippen molar-refractivity contribution in [2.75, 3.05) is 10.6 Å². The van der Waals surface area contributed by atoms with Crippen molar-refractivity contribution in [1.29, 1.82) is 0 Å². The summed E-state index contributed by atoms with van der Waals surface area (Å²) < 4.78 is 1.51. The highest BCUT2D eigenvalue weighted by molar-refractivity contribution is 7.14. The van der Waals surface area contributed by atoms with Gasteiger partial charge in [-0.1, -0.05) is 0 Å². The van der Waals surface area contributed by atoms with Gasteiger partial charge in [0.1, 0.15) is 12.0 Å². The first-order chi connectivity index (χ1) is 14.2. The van der Waals surface area contributed by atoms with E-state index in [1.807, 2.05) is 0 Å². The van der Waals surface area contributed by atoms with Crippen molar-refractivity contribution in [2.24, 2.45) is 0 Å². The Labute approximate surface area is 167 Å². The van der Waals surface area contributed by atoms with Gasteiger partial charge in [0.25, 0.3) is 5.91 Å². The lowest BCUT2D eigenvalue weighted by molar-refractivity contribution is -0.115. The van der Waals surface area contributed by atoms with Crippen LogP contribution in [0.25, 0.3) is 5.69 Å². The fourth-order valence-corrected chi connectivity index (χ4v) is 3.08. The lowest BCUT2D eigenvalue weighted by Gasteiger charge is -2.05. The molecule has 0 saturated heterocycles. The van der Waals surface area contributed by atoms with Crippen molar-refractivity contribution >= 4 is 34.0 Å². The zero-order valence-corrected chi connectivity index (χ0v) is 15.6. The van der Waals surface area contributed by atoms with Crippen LogP contribution in [0.5, 0.6) is 0 Å². The largest absolute Gasteiger partial charge is 0.326 e. The minimum absolute atomic E-state index is 0.0757. The molecule has 0 aliphatic carbocycles. The molecule has 11 nitrogen and oxygen atoms in total. The number of carbonyl (C=O) groups excluding carboxylic acids is 2. The summed E-state index contributed by atoms with van der Waals surface area (Å²) in [4.78, 5) is 36.3. The van der Waals surface area contributed by atoms with Gasteiger partial charge in [-0.3, -0.25) is 19.9 Å². The Morgan fingerprint density at radius 2 is 1.97 bits per heavy atom. The number of rotatable bonds is 6. The van der Waals surface area contributed by atoms with Crippen molar-refractivity contribution in [1.82, 2.24) is 35.2 Å². The molecule has 0 spiro atoms. The number of carbonyl (C=O) groups is 2. The highest BCUT2D eigenvalue weighted by Crippen LogP contribution is 2.17. The maximum atomic E-state index is 12.3. The van der Waals surface area contributed by atoms with E-state index in [-0.39, 0.29) is 18.0 Å². The second-order valence-corrected chi connectivity index (χ2v) is 6.57. The topological polar surface area (TPSA) is 140 Å². The zero-order chi connectivity index (χ0) is 20.1. The van der Waals surface area contributed by atoms with E-state index >= 15 is 0 Å². The van der Waals surface area contributed by atoms with Gasteiger partial charge in [-0.25, -0.2) is 14.6 Å². The summed E-state index contributed by atoms with van der Waals surface area (Å²) in [6.45, 7) is 0. The van der Waals surface area contributed by atoms with E-state index in [1.165, 1.54) is 40.9 Å². The standard InChI is InChI=1S/C17H13N9O2S/c27-15(21-11-1-3-13(4-2-11)26-10-20-24-25-26)7-12-9-29-17(22-12)23-16(28)14-8-18-5-6-19-14/h1-6,8-10H,7H2,(H,21,27)(H,22,23,28). The molecule has 1 aromatic carbocycles. The minimum atomic E-state index is -0.411. The third-order valence-corrected chi connectivity index (χ3v) is 4.48. The summed E-state index contributed by atoms with van der Waals surface area (Å²) in [5, 5.41) is 18.5. The molecule has 4 rings (SSSR count). The molecule has 0 radical (unpaired) electrons. The molecule has 4 aromatic rings. The monoisotopic (exact) mass is 407 g/mol. The van der Waals surface area contributed by atoms with Crippen LogP contribution in [-0.2, 0) is 11.2 Å². The van der Waals surface area contributed by atoms with Crippen LogP contribution in [0, 0.1) is 0 Å². The van der Waals surface area contributed by atoms with Crippen molar-refractivity contribution < 1.29 is 9.59 Å². The van der Waals surface area contributed by atoms with E-state index in [2.05, 4.69) is 41.1 Å². The van der Waals surface area contributed by atoms with Gasteiger partial charge in [0.2, 0.25) is 5.91 Å². The first-order valence-electron chi connectivity index (χ1n) is 8.32. The summed E-state index contributed by atoms with van der Waals surface area (Å²) in [5.41, 5.74) is 2.15. The molecule has 144 valence electrons. The number of nitrogens with one attached hydrogen (secondary N) is 2. The normalized spacial score (nSPS) is 10.5. The number of thiazole rings is 1. The molecule has 0 atom stereocenters. The highest BCUT2D eigenvalue weighted by Gasteiger charge is 2.12. The van der Waals surface area contributed by atoms with Crippen molar-refractivity contribution in [3.8, 4) is 5.69 Å². The molecule has 0 unspecified atom stereocenters. The molecule has 12 heteroatoms. The van der Waals surface area contributed by atoms with Gasteiger partial charge in [-0.15, -0.1) is 16.4 Å². The average Bonchev–Trinajstić information content (AvgIpc) is 3.42. The molecule has 3 heterocycles. The Morgan fingerprint density at radius 3 is 2.69 bits per heavy atom. The van der Waals surface area contributed by atoms with Crippen LogP contribution in [0.2, 0.25) is 0 Å². The predicted molar refractivity (Wildman–Crippen MR) is 104 cm³/mol. The third kappa shape index (κ3) is 4.62. The van der Waals surface area contributed by atoms with Crippen molar-refractivity contribution in [3.05, 3.63) is 66.0 Å². The summed E-state index contributed by atoms with van der Waals surface area (Å²) in [6, 6.07) is 7.08. The van der Waals surface area contributed by atoms with E-state index in [0.717, 1.165) is 5.69 Å². The third-order valence-electron chi connectivity index (χ3n) is 3.67. The highest BCUT2D eigenvalue weighted by atomic mass is 32.1. The molecule has 2 N–H and O–H groups in total. The molecule has 0 bridgehead atoms. The summed E-state index contributed by atoms with van der Waals surface area (Å²) in [7, 11) is 0.